The summed E-state index contributed by atoms with van der Waals surface area (Å²) in [6.07, 6.45) is 0.811. The molecule has 0 atom stereocenters. The number of amides is 1. The summed E-state index contributed by atoms with van der Waals surface area (Å²) in [7, 11) is 1.51. The molecule has 0 aliphatic rings. The number of carbonyl (C=O) groups excluding carboxylic acids is 1. The Morgan fingerprint density at radius 1 is 1.15 bits per heavy atom. The fourth-order valence-electron chi connectivity index (χ4n) is 2.05. The lowest BCUT2D eigenvalue weighted by molar-refractivity contribution is 0.0771. The molecule has 0 saturated carbocycles. The van der Waals surface area contributed by atoms with Crippen molar-refractivity contribution in [2.75, 3.05) is 12.2 Å². The summed E-state index contributed by atoms with van der Waals surface area (Å²) in [5.41, 5.74) is 2.45. The summed E-state index contributed by atoms with van der Waals surface area (Å²) >= 11 is 2.20. The largest absolute Gasteiger partial charge is 0.282 e. The van der Waals surface area contributed by atoms with Gasteiger partial charge in [-0.25, -0.2) is 0 Å². The number of hydrogen-bond acceptors (Lipinski definition) is 2. The van der Waals surface area contributed by atoms with Crippen LogP contribution in [0.4, 0.5) is 5.69 Å². The highest BCUT2D eigenvalue weighted by Gasteiger charge is 2.21. The summed E-state index contributed by atoms with van der Waals surface area (Å²) in [6, 6.07) is 15.3. The summed E-state index contributed by atoms with van der Waals surface area (Å²) < 4.78 is 0.967. The highest BCUT2D eigenvalue weighted by molar-refractivity contribution is 14.1. The van der Waals surface area contributed by atoms with Gasteiger partial charge in [-0.2, -0.15) is 5.06 Å². The third-order valence-corrected chi connectivity index (χ3v) is 3.98. The quantitative estimate of drug-likeness (QED) is 0.591. The molecule has 0 heterocycles. The second-order valence-corrected chi connectivity index (χ2v) is 5.41. The highest BCUT2D eigenvalue weighted by atomic mass is 127. The second kappa shape index (κ2) is 6.85. The van der Waals surface area contributed by atoms with Gasteiger partial charge in [-0.05, 0) is 52.8 Å². The zero-order valence-corrected chi connectivity index (χ0v) is 13.6. The number of hydrogen-bond donors (Lipinski definition) is 0. The van der Waals surface area contributed by atoms with E-state index in [0.717, 1.165) is 21.2 Å². The van der Waals surface area contributed by atoms with Crippen molar-refractivity contribution in [1.29, 1.82) is 0 Å². The second-order valence-electron chi connectivity index (χ2n) is 4.24. The molecule has 2 aromatic rings. The Hall–Kier alpha value is -1.40. The van der Waals surface area contributed by atoms with Crippen LogP contribution in [-0.4, -0.2) is 13.0 Å². The van der Waals surface area contributed by atoms with Crippen LogP contribution in [0.25, 0.3) is 0 Å². The average molecular weight is 381 g/mol. The van der Waals surface area contributed by atoms with Gasteiger partial charge < -0.3 is 0 Å². The molecule has 3 nitrogen and oxygen atoms in total. The lowest BCUT2D eigenvalue weighted by atomic mass is 10.0. The third-order valence-electron chi connectivity index (χ3n) is 3.07. The molecule has 2 rings (SSSR count). The van der Waals surface area contributed by atoms with Crippen LogP contribution in [0, 0.1) is 3.57 Å². The van der Waals surface area contributed by atoms with E-state index in [4.69, 9.17) is 4.84 Å². The lowest BCUT2D eigenvalue weighted by Gasteiger charge is -2.22. The maximum Gasteiger partial charge on any atom is 0.282 e. The van der Waals surface area contributed by atoms with Crippen LogP contribution in [0.15, 0.2) is 48.5 Å². The molecule has 0 bridgehead atoms. The number of anilines is 1. The third kappa shape index (κ3) is 3.02. The first kappa shape index (κ1) is 15.0. The molecule has 1 amide bonds. The minimum absolute atomic E-state index is 0.144. The van der Waals surface area contributed by atoms with Gasteiger partial charge >= 0.3 is 0 Å². The molecule has 0 spiro atoms. The van der Waals surface area contributed by atoms with Crippen molar-refractivity contribution in [2.45, 2.75) is 13.3 Å². The van der Waals surface area contributed by atoms with Crippen molar-refractivity contribution in [1.82, 2.24) is 0 Å². The van der Waals surface area contributed by atoms with Gasteiger partial charge in [0.2, 0.25) is 0 Å². The van der Waals surface area contributed by atoms with Crippen LogP contribution >= 0.6 is 22.6 Å². The predicted octanol–water partition coefficient (Wildman–Crippen LogP) is 4.06. The normalized spacial score (nSPS) is 10.3. The summed E-state index contributed by atoms with van der Waals surface area (Å²) in [4.78, 5) is 18.0. The van der Waals surface area contributed by atoms with E-state index in [9.17, 15) is 4.79 Å². The summed E-state index contributed by atoms with van der Waals surface area (Å²) in [5, 5.41) is 1.34. The van der Waals surface area contributed by atoms with Gasteiger partial charge in [0.1, 0.15) is 0 Å². The molecule has 2 aromatic carbocycles. The number of nitrogens with zero attached hydrogens (tertiary/aromatic N) is 1. The van der Waals surface area contributed by atoms with Gasteiger partial charge in [0, 0.05) is 9.13 Å². The van der Waals surface area contributed by atoms with Gasteiger partial charge in [-0.1, -0.05) is 37.3 Å². The average Bonchev–Trinajstić information content (AvgIpc) is 2.49. The van der Waals surface area contributed by atoms with E-state index < -0.39 is 0 Å². The molecule has 0 saturated heterocycles. The van der Waals surface area contributed by atoms with E-state index in [1.54, 1.807) is 0 Å². The van der Waals surface area contributed by atoms with E-state index in [-0.39, 0.29) is 5.91 Å². The Morgan fingerprint density at radius 3 is 2.45 bits per heavy atom. The number of aryl methyl sites for hydroxylation is 1. The van der Waals surface area contributed by atoms with E-state index in [0.29, 0.717) is 5.56 Å². The van der Waals surface area contributed by atoms with Gasteiger partial charge in [0.15, 0.2) is 0 Å². The molecule has 0 radical (unpaired) electrons. The molecule has 0 N–H and O–H groups in total. The Labute approximate surface area is 132 Å². The molecule has 4 heteroatoms. The number of para-hydroxylation sites is 1. The first-order valence-corrected chi connectivity index (χ1v) is 7.48. The van der Waals surface area contributed by atoms with Crippen LogP contribution in [-0.2, 0) is 11.3 Å². The van der Waals surface area contributed by atoms with Gasteiger partial charge in [-0.3, -0.25) is 9.63 Å². The van der Waals surface area contributed by atoms with Crippen molar-refractivity contribution >= 4 is 34.2 Å². The van der Waals surface area contributed by atoms with E-state index >= 15 is 0 Å². The number of benzene rings is 2. The van der Waals surface area contributed by atoms with Crippen molar-refractivity contribution < 1.29 is 9.63 Å². The zero-order chi connectivity index (χ0) is 14.5. The van der Waals surface area contributed by atoms with E-state index in [2.05, 4.69) is 22.6 Å². The SMILES string of the molecule is CCc1ccccc1C(=O)N(OC)c1ccccc1I. The highest BCUT2D eigenvalue weighted by Crippen LogP contribution is 2.24. The Kier molecular flexibility index (Phi) is 5.14. The minimum Gasteiger partial charge on any atom is -0.269 e. The Bertz CT molecular complexity index is 613. The molecular formula is C16H16INO2. The van der Waals surface area contributed by atoms with Crippen LogP contribution in [0.3, 0.4) is 0 Å². The van der Waals surface area contributed by atoms with Crippen LogP contribution in [0.2, 0.25) is 0 Å². The number of halogens is 1. The zero-order valence-electron chi connectivity index (χ0n) is 11.5. The molecule has 104 valence electrons. The monoisotopic (exact) mass is 381 g/mol. The topological polar surface area (TPSA) is 29.5 Å². The molecule has 20 heavy (non-hydrogen) atoms. The van der Waals surface area contributed by atoms with Crippen molar-refractivity contribution in [2.24, 2.45) is 0 Å². The molecular weight excluding hydrogens is 365 g/mol. The minimum atomic E-state index is -0.144. The van der Waals surface area contributed by atoms with Crippen molar-refractivity contribution in [3.63, 3.8) is 0 Å². The maximum atomic E-state index is 12.7. The smallest absolute Gasteiger partial charge is 0.269 e. The lowest BCUT2D eigenvalue weighted by Crippen LogP contribution is -2.31. The molecule has 0 aliphatic heterocycles. The molecule has 0 aromatic heterocycles. The standard InChI is InChI=1S/C16H16INO2/c1-3-12-8-4-5-9-13(12)16(19)18(20-2)15-11-7-6-10-14(15)17/h4-11H,3H2,1-2H3. The summed E-state index contributed by atoms with van der Waals surface area (Å²) in [6.45, 7) is 2.04. The van der Waals surface area contributed by atoms with Crippen LogP contribution in [0.5, 0.6) is 0 Å². The fourth-order valence-corrected chi connectivity index (χ4v) is 2.66. The first-order chi connectivity index (χ1) is 9.69. The molecule has 0 unspecified atom stereocenters. The molecule has 0 fully saturated rings. The van der Waals surface area contributed by atoms with Gasteiger partial charge in [0.25, 0.3) is 5.91 Å². The summed E-state index contributed by atoms with van der Waals surface area (Å²) in [5.74, 6) is -0.144. The van der Waals surface area contributed by atoms with Crippen LogP contribution < -0.4 is 5.06 Å². The first-order valence-electron chi connectivity index (χ1n) is 6.40. The van der Waals surface area contributed by atoms with Gasteiger partial charge in [-0.15, -0.1) is 0 Å². The van der Waals surface area contributed by atoms with Crippen molar-refractivity contribution in [3.05, 3.63) is 63.2 Å². The fraction of sp³-hybridized carbons (Fsp3) is 0.188. The van der Waals surface area contributed by atoms with Crippen molar-refractivity contribution in [3.8, 4) is 0 Å². The Morgan fingerprint density at radius 2 is 1.80 bits per heavy atom. The molecule has 0 aliphatic carbocycles. The predicted molar refractivity (Wildman–Crippen MR) is 88.8 cm³/mol. The van der Waals surface area contributed by atoms with Gasteiger partial charge in [0.05, 0.1) is 12.8 Å². The van der Waals surface area contributed by atoms with Crippen LogP contribution in [0.1, 0.15) is 22.8 Å². The van der Waals surface area contributed by atoms with E-state index in [1.165, 1.54) is 12.2 Å². The maximum absolute atomic E-state index is 12.7. The number of carbonyl (C=O) groups is 1. The number of hydroxylamine groups is 1. The Balaban J connectivity index is 2.42. The number of rotatable bonds is 4. The van der Waals surface area contributed by atoms with E-state index in [1.807, 2.05) is 55.5 Å².